The number of nitrogens with two attached hydrogens (primary N) is 4. The zero-order valence-electron chi connectivity index (χ0n) is 24.9. The van der Waals surface area contributed by atoms with Crippen LogP contribution in [0, 0.1) is 5.82 Å². The summed E-state index contributed by atoms with van der Waals surface area (Å²) in [4.78, 5) is 28.6. The second kappa shape index (κ2) is 14.2. The molecule has 1 saturated carbocycles. The number of nitrogens with zero attached hydrogens (tertiary/aromatic N) is 4. The molecule has 12 heteroatoms. The maximum atomic E-state index is 15.0. The Morgan fingerprint density at radius 1 is 1.00 bits per heavy atom. The molecule has 0 unspecified atom stereocenters. The summed E-state index contributed by atoms with van der Waals surface area (Å²) in [5, 5.41) is 3.95. The van der Waals surface area contributed by atoms with Gasteiger partial charge in [0.25, 0.3) is 0 Å². The van der Waals surface area contributed by atoms with Crippen molar-refractivity contribution in [3.05, 3.63) is 81.7 Å². The monoisotopic (exact) mass is 600 g/mol. The number of fused-ring (bicyclic) bond motifs is 1. The summed E-state index contributed by atoms with van der Waals surface area (Å²) in [5.41, 5.74) is 27.0. The second-order valence-electron chi connectivity index (χ2n) is 11.3. The Morgan fingerprint density at radius 2 is 1.77 bits per heavy atom. The van der Waals surface area contributed by atoms with Crippen LogP contribution in [-0.4, -0.2) is 46.1 Å². The molecule has 1 fully saturated rings. The second-order valence-corrected chi connectivity index (χ2v) is 11.3. The first-order valence-electron chi connectivity index (χ1n) is 15.1. The molecule has 1 aliphatic carbocycles. The number of guanidine groups is 2. The van der Waals surface area contributed by atoms with Crippen LogP contribution >= 0.6 is 0 Å². The fourth-order valence-corrected chi connectivity index (χ4v) is 5.44. The van der Waals surface area contributed by atoms with Crippen molar-refractivity contribution in [2.24, 2.45) is 32.9 Å². The number of aryl methyl sites for hydroxylation is 1. The molecule has 0 radical (unpaired) electrons. The van der Waals surface area contributed by atoms with Gasteiger partial charge < -0.3 is 33.2 Å². The third kappa shape index (κ3) is 7.81. The van der Waals surface area contributed by atoms with Gasteiger partial charge in [-0.3, -0.25) is 14.6 Å². The number of benzene rings is 2. The molecular weight excluding hydrogens is 559 g/mol. The van der Waals surface area contributed by atoms with E-state index in [1.54, 1.807) is 18.3 Å². The van der Waals surface area contributed by atoms with Crippen molar-refractivity contribution >= 4 is 23.0 Å². The van der Waals surface area contributed by atoms with Gasteiger partial charge in [0.2, 0.25) is 0 Å². The number of halogens is 1. The van der Waals surface area contributed by atoms with E-state index >= 15 is 0 Å². The Morgan fingerprint density at radius 3 is 2.48 bits per heavy atom. The minimum atomic E-state index is -0.486. The molecule has 0 amide bonds. The van der Waals surface area contributed by atoms with E-state index in [2.05, 4.69) is 43.5 Å². The van der Waals surface area contributed by atoms with E-state index < -0.39 is 11.5 Å². The number of aromatic nitrogens is 3. The van der Waals surface area contributed by atoms with Gasteiger partial charge in [0.05, 0.1) is 5.69 Å². The molecule has 2 heterocycles. The minimum Gasteiger partial charge on any atom is -0.370 e. The molecule has 2 aromatic heterocycles. The van der Waals surface area contributed by atoms with Crippen LogP contribution in [0.1, 0.15) is 61.1 Å². The first kappa shape index (κ1) is 30.7. The number of rotatable bonds is 14. The van der Waals surface area contributed by atoms with E-state index in [1.165, 1.54) is 41.0 Å². The van der Waals surface area contributed by atoms with Gasteiger partial charge in [-0.2, -0.15) is 4.98 Å². The van der Waals surface area contributed by atoms with E-state index in [0.29, 0.717) is 49.0 Å². The Balaban J connectivity index is 1.33. The summed E-state index contributed by atoms with van der Waals surface area (Å²) in [7, 11) is 0. The van der Waals surface area contributed by atoms with Gasteiger partial charge in [-0.1, -0.05) is 18.6 Å². The average molecular weight is 601 g/mol. The predicted octanol–water partition coefficient (Wildman–Crippen LogP) is 3.14. The number of unbranched alkanes of at least 4 members (excludes halogenated alkanes) is 1. The van der Waals surface area contributed by atoms with Crippen molar-refractivity contribution < 1.29 is 4.39 Å². The van der Waals surface area contributed by atoms with Gasteiger partial charge in [-0.05, 0) is 98.0 Å². The number of aliphatic imine (C=N–C) groups is 2. The minimum absolute atomic E-state index is 0.0566. The van der Waals surface area contributed by atoms with E-state index in [0.717, 1.165) is 42.3 Å². The molecular formula is C32H41FN10O. The topological polar surface area (TPSA) is 192 Å². The van der Waals surface area contributed by atoms with Crippen molar-refractivity contribution in [1.82, 2.24) is 19.9 Å². The van der Waals surface area contributed by atoms with E-state index in [-0.39, 0.29) is 11.9 Å². The van der Waals surface area contributed by atoms with Crippen LogP contribution in [0.3, 0.4) is 0 Å². The van der Waals surface area contributed by atoms with E-state index in [4.69, 9.17) is 22.9 Å². The highest BCUT2D eigenvalue weighted by molar-refractivity contribution is 5.83. The Bertz CT molecular complexity index is 1710. The Labute approximate surface area is 255 Å². The van der Waals surface area contributed by atoms with Crippen molar-refractivity contribution in [2.75, 3.05) is 19.6 Å². The fraction of sp³-hybridized carbons (Fsp3) is 0.375. The van der Waals surface area contributed by atoms with Gasteiger partial charge >= 0.3 is 5.69 Å². The summed E-state index contributed by atoms with van der Waals surface area (Å²) < 4.78 is 16.4. The standard InChI is InChI=1S/C32H41FN10O/c33-27-17-26(9-8-22(27)18-38-10-4-12-40-31(36)37)43-19-25-16-28(41-29(25)42-32(43)44)24-14-20(5-1-2-11-39-30(34)35)13-23(15-24)21-6-3-7-21/h8-9,13-17,19,21,38H,1-7,10-12,18H2,(H4,34,35,39)(H4,36,37,40)(H,41,42,44). The molecule has 2 aromatic carbocycles. The SMILES string of the molecule is NC(N)=NCCCCc1cc(-c2cc3cn(-c4ccc(CNCCCN=C(N)N)c(F)c4)c(=O)nc3[nH]2)cc(C2CCC2)c1. The predicted molar refractivity (Wildman–Crippen MR) is 174 cm³/mol. The summed E-state index contributed by atoms with van der Waals surface area (Å²) in [6.07, 6.45) is 8.89. The van der Waals surface area contributed by atoms with Gasteiger partial charge in [-0.25, -0.2) is 9.18 Å². The largest absolute Gasteiger partial charge is 0.370 e. The van der Waals surface area contributed by atoms with Crippen molar-refractivity contribution in [3.8, 4) is 16.9 Å². The molecule has 0 saturated heterocycles. The first-order chi connectivity index (χ1) is 21.3. The Kier molecular flexibility index (Phi) is 9.90. The molecule has 0 bridgehead atoms. The average Bonchev–Trinajstić information content (AvgIpc) is 3.36. The van der Waals surface area contributed by atoms with Crippen LogP contribution in [0.2, 0.25) is 0 Å². The molecule has 0 aliphatic heterocycles. The highest BCUT2D eigenvalue weighted by Crippen LogP contribution is 2.38. The summed E-state index contributed by atoms with van der Waals surface area (Å²) >= 11 is 0. The van der Waals surface area contributed by atoms with Crippen molar-refractivity contribution in [2.45, 2.75) is 57.4 Å². The first-order valence-corrected chi connectivity index (χ1v) is 15.1. The van der Waals surface area contributed by atoms with Crippen LogP contribution in [-0.2, 0) is 13.0 Å². The molecule has 44 heavy (non-hydrogen) atoms. The maximum absolute atomic E-state index is 15.0. The molecule has 1 aliphatic rings. The third-order valence-electron chi connectivity index (χ3n) is 8.02. The summed E-state index contributed by atoms with van der Waals surface area (Å²) in [6.45, 7) is 2.11. The number of hydrogen-bond acceptors (Lipinski definition) is 5. The Hall–Kier alpha value is -4.71. The lowest BCUT2D eigenvalue weighted by Crippen LogP contribution is -2.23. The lowest BCUT2D eigenvalue weighted by atomic mass is 9.78. The highest BCUT2D eigenvalue weighted by Gasteiger charge is 2.21. The number of hydrogen-bond donors (Lipinski definition) is 6. The molecule has 11 nitrogen and oxygen atoms in total. The fourth-order valence-electron chi connectivity index (χ4n) is 5.44. The molecule has 10 N–H and O–H groups in total. The lowest BCUT2D eigenvalue weighted by Gasteiger charge is -2.27. The lowest BCUT2D eigenvalue weighted by molar-refractivity contribution is 0.419. The molecule has 0 spiro atoms. The molecule has 5 rings (SSSR count). The molecule has 232 valence electrons. The number of nitrogens with one attached hydrogen (secondary N) is 2. The van der Waals surface area contributed by atoms with Gasteiger partial charge in [0.15, 0.2) is 11.9 Å². The molecule has 0 atom stereocenters. The zero-order valence-corrected chi connectivity index (χ0v) is 24.9. The maximum Gasteiger partial charge on any atom is 0.354 e. The van der Waals surface area contributed by atoms with Crippen LogP contribution in [0.4, 0.5) is 4.39 Å². The smallest absolute Gasteiger partial charge is 0.354 e. The highest BCUT2D eigenvalue weighted by atomic mass is 19.1. The van der Waals surface area contributed by atoms with Gasteiger partial charge in [0.1, 0.15) is 11.5 Å². The van der Waals surface area contributed by atoms with Crippen LogP contribution in [0.15, 0.2) is 63.4 Å². The zero-order chi connectivity index (χ0) is 31.1. The van der Waals surface area contributed by atoms with Gasteiger partial charge in [0, 0.05) is 42.5 Å². The normalized spacial score (nSPS) is 13.1. The summed E-state index contributed by atoms with van der Waals surface area (Å²) in [5.74, 6) is 0.351. The molecule has 4 aromatic rings. The van der Waals surface area contributed by atoms with Crippen molar-refractivity contribution in [3.63, 3.8) is 0 Å². The van der Waals surface area contributed by atoms with Crippen LogP contribution in [0.25, 0.3) is 28.0 Å². The summed E-state index contributed by atoms with van der Waals surface area (Å²) in [6, 6.07) is 13.5. The van der Waals surface area contributed by atoms with E-state index in [1.807, 2.05) is 6.07 Å². The number of H-pyrrole nitrogens is 1. The van der Waals surface area contributed by atoms with E-state index in [9.17, 15) is 9.18 Å². The van der Waals surface area contributed by atoms with Crippen LogP contribution in [0.5, 0.6) is 0 Å². The third-order valence-corrected chi connectivity index (χ3v) is 8.02. The quantitative estimate of drug-likeness (QED) is 0.0727. The number of aromatic amines is 1. The van der Waals surface area contributed by atoms with Crippen molar-refractivity contribution in [1.29, 1.82) is 0 Å². The van der Waals surface area contributed by atoms with Crippen LogP contribution < -0.4 is 33.9 Å². The van der Waals surface area contributed by atoms with Gasteiger partial charge in [-0.15, -0.1) is 0 Å².